The van der Waals surface area contributed by atoms with Gasteiger partial charge >= 0.3 is 5.16 Å². The van der Waals surface area contributed by atoms with Crippen molar-refractivity contribution in [2.45, 2.75) is 24.8 Å². The smallest absolute Gasteiger partial charge is 0.322 e. The molecular weight excluding hydrogens is 298 g/mol. The second-order valence-corrected chi connectivity index (χ2v) is 6.46. The van der Waals surface area contributed by atoms with Gasteiger partial charge in [-0.25, -0.2) is 0 Å². The largest absolute Gasteiger partial charge is 0.609 e. The Balaban J connectivity index is 1.89. The molecule has 0 fully saturated rings. The maximum atomic E-state index is 12.6. The van der Waals surface area contributed by atoms with Crippen molar-refractivity contribution < 1.29 is 9.29 Å². The molecule has 3 rings (SSSR count). The summed E-state index contributed by atoms with van der Waals surface area (Å²) in [6.45, 7) is 3.88. The molecular formula is C16H17N3O2S. The Morgan fingerprint density at radius 2 is 2.05 bits per heavy atom. The third-order valence-electron chi connectivity index (χ3n) is 3.60. The number of fused-ring (bicyclic) bond motifs is 1. The zero-order valence-electron chi connectivity index (χ0n) is 12.7. The van der Waals surface area contributed by atoms with Crippen LogP contribution in [0.1, 0.15) is 16.8 Å². The van der Waals surface area contributed by atoms with Crippen LogP contribution in [0.15, 0.2) is 35.6 Å². The Hall–Kier alpha value is -2.05. The van der Waals surface area contributed by atoms with Crippen LogP contribution in [0.3, 0.4) is 0 Å². The number of para-hydroxylation sites is 2. The number of methoxy groups -OCH3 is 1. The van der Waals surface area contributed by atoms with Crippen molar-refractivity contribution in [2.75, 3.05) is 7.11 Å². The van der Waals surface area contributed by atoms with Gasteiger partial charge in [0.2, 0.25) is 0 Å². The lowest BCUT2D eigenvalue weighted by Crippen LogP contribution is -2.10. The maximum absolute atomic E-state index is 12.6. The van der Waals surface area contributed by atoms with E-state index in [1.165, 1.54) is 0 Å². The first-order chi connectivity index (χ1) is 10.6. The van der Waals surface area contributed by atoms with Crippen LogP contribution in [0.5, 0.6) is 5.75 Å². The molecule has 0 aliphatic heterocycles. The molecule has 0 bridgehead atoms. The van der Waals surface area contributed by atoms with E-state index in [4.69, 9.17) is 4.74 Å². The number of nitrogens with one attached hydrogen (secondary N) is 1. The minimum absolute atomic E-state index is 0.308. The number of H-pyrrole nitrogens is 1. The number of benzene rings is 1. The predicted molar refractivity (Wildman–Crippen MR) is 86.5 cm³/mol. The van der Waals surface area contributed by atoms with Gasteiger partial charge in [0.05, 0.1) is 23.8 Å². The average Bonchev–Trinajstić information content (AvgIpc) is 2.95. The van der Waals surface area contributed by atoms with Crippen molar-refractivity contribution in [2.24, 2.45) is 0 Å². The van der Waals surface area contributed by atoms with Gasteiger partial charge in [0.15, 0.2) is 5.75 Å². The number of ether oxygens (including phenoxy) is 1. The second-order valence-electron chi connectivity index (χ2n) is 5.10. The van der Waals surface area contributed by atoms with Gasteiger partial charge in [0.25, 0.3) is 0 Å². The van der Waals surface area contributed by atoms with Crippen LogP contribution in [-0.4, -0.2) is 26.6 Å². The first kappa shape index (κ1) is 14.9. The summed E-state index contributed by atoms with van der Waals surface area (Å²) >= 11 is -1.28. The molecule has 114 valence electrons. The third kappa shape index (κ3) is 2.67. The molecule has 1 N–H and O–H groups in total. The van der Waals surface area contributed by atoms with E-state index in [9.17, 15) is 4.55 Å². The van der Waals surface area contributed by atoms with Crippen molar-refractivity contribution in [3.63, 3.8) is 0 Å². The van der Waals surface area contributed by atoms with E-state index >= 15 is 0 Å². The van der Waals surface area contributed by atoms with Crippen LogP contribution in [0.25, 0.3) is 11.0 Å². The molecule has 0 aliphatic carbocycles. The molecule has 0 unspecified atom stereocenters. The fourth-order valence-electron chi connectivity index (χ4n) is 2.45. The van der Waals surface area contributed by atoms with E-state index < -0.39 is 11.2 Å². The van der Waals surface area contributed by atoms with Gasteiger partial charge in [-0.15, -0.1) is 0 Å². The Morgan fingerprint density at radius 1 is 1.27 bits per heavy atom. The third-order valence-corrected chi connectivity index (χ3v) is 4.76. The van der Waals surface area contributed by atoms with E-state index in [1.807, 2.05) is 38.1 Å². The SMILES string of the molecule is COc1c(C)cnc(C[S@+]([O-])c2nc3ccccc3[nH]2)c1C. The normalized spacial score (nSPS) is 12.5. The lowest BCUT2D eigenvalue weighted by atomic mass is 10.1. The highest BCUT2D eigenvalue weighted by Crippen LogP contribution is 2.26. The quantitative estimate of drug-likeness (QED) is 0.751. The van der Waals surface area contributed by atoms with E-state index in [-0.39, 0.29) is 0 Å². The zero-order valence-corrected chi connectivity index (χ0v) is 13.5. The van der Waals surface area contributed by atoms with Crippen molar-refractivity contribution in [1.82, 2.24) is 15.0 Å². The minimum atomic E-state index is -1.28. The molecule has 22 heavy (non-hydrogen) atoms. The standard InChI is InChI=1S/C16H17N3O2S/c1-10-8-17-14(11(2)15(10)21-3)9-22(20)16-18-12-6-4-5-7-13(12)19-16/h4-8H,9H2,1-3H3,(H,18,19)/t22-/m0/s1. The minimum Gasteiger partial charge on any atom is -0.609 e. The molecule has 1 aromatic carbocycles. The Labute approximate surface area is 131 Å². The first-order valence-electron chi connectivity index (χ1n) is 6.92. The Kier molecular flexibility index (Phi) is 4.04. The number of pyridine rings is 1. The van der Waals surface area contributed by atoms with E-state index in [1.54, 1.807) is 13.3 Å². The second kappa shape index (κ2) is 5.98. The molecule has 3 aromatic rings. The van der Waals surface area contributed by atoms with Crippen LogP contribution in [0.2, 0.25) is 0 Å². The molecule has 2 heterocycles. The van der Waals surface area contributed by atoms with Crippen molar-refractivity contribution in [1.29, 1.82) is 0 Å². The van der Waals surface area contributed by atoms with Crippen molar-refractivity contribution >= 4 is 22.2 Å². The molecule has 0 radical (unpaired) electrons. The van der Waals surface area contributed by atoms with E-state index in [2.05, 4.69) is 15.0 Å². The lowest BCUT2D eigenvalue weighted by molar-refractivity contribution is 0.407. The maximum Gasteiger partial charge on any atom is 0.322 e. The van der Waals surface area contributed by atoms with Crippen LogP contribution in [0.4, 0.5) is 0 Å². The number of nitrogens with zero attached hydrogens (tertiary/aromatic N) is 2. The number of hydrogen-bond donors (Lipinski definition) is 1. The topological polar surface area (TPSA) is 73.9 Å². The predicted octanol–water partition coefficient (Wildman–Crippen LogP) is 2.89. The Morgan fingerprint density at radius 3 is 2.77 bits per heavy atom. The van der Waals surface area contributed by atoms with Crippen LogP contribution in [0, 0.1) is 13.8 Å². The van der Waals surface area contributed by atoms with Gasteiger partial charge in [-0.3, -0.25) is 9.97 Å². The fourth-order valence-corrected chi connectivity index (χ4v) is 3.55. The van der Waals surface area contributed by atoms with Gasteiger partial charge in [-0.2, -0.15) is 4.98 Å². The first-order valence-corrected chi connectivity index (χ1v) is 8.24. The summed E-state index contributed by atoms with van der Waals surface area (Å²) in [5, 5.41) is 0.474. The highest BCUT2D eigenvalue weighted by atomic mass is 32.2. The molecule has 0 amide bonds. The summed E-state index contributed by atoms with van der Waals surface area (Å²) < 4.78 is 17.9. The molecule has 6 heteroatoms. The number of rotatable bonds is 4. The monoisotopic (exact) mass is 315 g/mol. The van der Waals surface area contributed by atoms with Gasteiger partial charge in [-0.1, -0.05) is 12.1 Å². The highest BCUT2D eigenvalue weighted by Gasteiger charge is 2.20. The highest BCUT2D eigenvalue weighted by molar-refractivity contribution is 7.90. The van der Waals surface area contributed by atoms with Gasteiger partial charge < -0.3 is 9.29 Å². The Bertz CT molecular complexity index is 783. The van der Waals surface area contributed by atoms with E-state index in [0.29, 0.717) is 10.9 Å². The molecule has 0 saturated heterocycles. The summed E-state index contributed by atoms with van der Waals surface area (Å²) in [6.07, 6.45) is 1.75. The van der Waals surface area contributed by atoms with E-state index in [0.717, 1.165) is 33.6 Å². The van der Waals surface area contributed by atoms with Crippen molar-refractivity contribution in [3.8, 4) is 5.75 Å². The summed E-state index contributed by atoms with van der Waals surface area (Å²) in [4.78, 5) is 11.9. The number of imidazole rings is 1. The number of aryl methyl sites for hydroxylation is 1. The zero-order chi connectivity index (χ0) is 15.7. The summed E-state index contributed by atoms with van der Waals surface area (Å²) in [6, 6.07) is 7.64. The van der Waals surface area contributed by atoms with Crippen LogP contribution in [-0.2, 0) is 16.9 Å². The molecule has 0 aliphatic rings. The summed E-state index contributed by atoms with van der Waals surface area (Å²) in [5.41, 5.74) is 4.36. The molecule has 0 saturated carbocycles. The number of aromatic amines is 1. The molecule has 5 nitrogen and oxygen atoms in total. The number of hydrogen-bond acceptors (Lipinski definition) is 4. The van der Waals surface area contributed by atoms with Crippen LogP contribution >= 0.6 is 0 Å². The van der Waals surface area contributed by atoms with Gasteiger partial charge in [0.1, 0.15) is 5.75 Å². The summed E-state index contributed by atoms with van der Waals surface area (Å²) in [5.74, 6) is 1.11. The molecule has 1 atom stereocenters. The lowest BCUT2D eigenvalue weighted by Gasteiger charge is -2.13. The fraction of sp³-hybridized carbons (Fsp3) is 0.250. The number of aromatic nitrogens is 3. The molecule has 0 spiro atoms. The van der Waals surface area contributed by atoms with Gasteiger partial charge in [0, 0.05) is 28.5 Å². The summed E-state index contributed by atoms with van der Waals surface area (Å²) in [7, 11) is 1.63. The van der Waals surface area contributed by atoms with Crippen molar-refractivity contribution in [3.05, 3.63) is 47.3 Å². The van der Waals surface area contributed by atoms with Crippen LogP contribution < -0.4 is 4.74 Å². The van der Waals surface area contributed by atoms with Gasteiger partial charge in [-0.05, 0) is 26.0 Å². The molecule has 2 aromatic heterocycles. The average molecular weight is 315 g/mol.